The monoisotopic (exact) mass is 444 g/mol. The Morgan fingerprint density at radius 2 is 1.48 bits per heavy atom. The second-order valence-corrected chi connectivity index (χ2v) is 10.7. The highest BCUT2D eigenvalue weighted by Crippen LogP contribution is 2.41. The number of hydrogen-bond donors (Lipinski definition) is 1. The first kappa shape index (κ1) is 28.3. The molecular weight excluding hydrogens is 396 g/mol. The number of ether oxygens (including phenoxy) is 4. The third-order valence-corrected chi connectivity index (χ3v) is 6.22. The predicted octanol–water partition coefficient (Wildman–Crippen LogP) is 5.45. The van der Waals surface area contributed by atoms with Crippen molar-refractivity contribution < 1.29 is 28.8 Å². The lowest BCUT2D eigenvalue weighted by Gasteiger charge is -2.40. The van der Waals surface area contributed by atoms with Gasteiger partial charge in [0, 0.05) is 25.9 Å². The maximum Gasteiger partial charge on any atom is 0.312 e. The number of aliphatic hydroxyl groups excluding tert-OH is 1. The van der Waals surface area contributed by atoms with Crippen molar-refractivity contribution in [3.05, 3.63) is 0 Å². The second kappa shape index (κ2) is 12.5. The molecule has 0 bridgehead atoms. The minimum absolute atomic E-state index is 0.0129. The topological polar surface area (TPSA) is 74.2 Å². The van der Waals surface area contributed by atoms with Gasteiger partial charge in [0.15, 0.2) is 12.6 Å². The summed E-state index contributed by atoms with van der Waals surface area (Å²) in [7, 11) is 0. The van der Waals surface area contributed by atoms with Crippen molar-refractivity contribution in [3.8, 4) is 0 Å². The first-order valence-corrected chi connectivity index (χ1v) is 12.2. The number of aliphatic hydroxyl groups is 1. The van der Waals surface area contributed by atoms with E-state index in [-0.39, 0.29) is 41.9 Å². The molecule has 1 aliphatic carbocycles. The normalized spacial score (nSPS) is 26.4. The summed E-state index contributed by atoms with van der Waals surface area (Å²) in [5, 5.41) is 10.0. The van der Waals surface area contributed by atoms with Crippen molar-refractivity contribution in [1.29, 1.82) is 0 Å². The SMILES string of the molecule is CCOC(CC)OC1CC(OC(=O)C(C)(CC(C)(C)C)C(C)C)CC(OC(O)CC)C1. The van der Waals surface area contributed by atoms with E-state index >= 15 is 0 Å². The quantitative estimate of drug-likeness (QED) is 0.319. The molecule has 184 valence electrons. The van der Waals surface area contributed by atoms with Gasteiger partial charge in [-0.2, -0.15) is 0 Å². The van der Waals surface area contributed by atoms with Gasteiger partial charge in [0.25, 0.3) is 0 Å². The zero-order chi connectivity index (χ0) is 23.8. The summed E-state index contributed by atoms with van der Waals surface area (Å²) in [6.07, 6.45) is 2.05. The van der Waals surface area contributed by atoms with Crippen LogP contribution in [0.5, 0.6) is 0 Å². The maximum absolute atomic E-state index is 13.3. The molecule has 31 heavy (non-hydrogen) atoms. The molecule has 6 atom stereocenters. The second-order valence-electron chi connectivity index (χ2n) is 10.7. The van der Waals surface area contributed by atoms with E-state index in [1.807, 2.05) is 27.7 Å². The summed E-state index contributed by atoms with van der Waals surface area (Å²) < 4.78 is 23.8. The lowest BCUT2D eigenvalue weighted by atomic mass is 9.68. The third kappa shape index (κ3) is 9.37. The molecule has 0 aromatic carbocycles. The van der Waals surface area contributed by atoms with E-state index in [0.717, 1.165) is 12.8 Å². The van der Waals surface area contributed by atoms with Gasteiger partial charge in [-0.1, -0.05) is 48.5 Å². The Bertz CT molecular complexity index is 529. The van der Waals surface area contributed by atoms with E-state index < -0.39 is 11.7 Å². The fourth-order valence-corrected chi connectivity index (χ4v) is 4.36. The van der Waals surface area contributed by atoms with Gasteiger partial charge in [0.05, 0.1) is 17.6 Å². The summed E-state index contributed by atoms with van der Waals surface area (Å²) in [5.74, 6) is 0.000892. The molecule has 6 heteroatoms. The van der Waals surface area contributed by atoms with Gasteiger partial charge in [-0.05, 0) is 44.4 Å². The van der Waals surface area contributed by atoms with Crippen LogP contribution in [0.1, 0.15) is 101 Å². The molecule has 0 aromatic heterocycles. The first-order chi connectivity index (χ1) is 14.3. The van der Waals surface area contributed by atoms with Crippen LogP contribution in [-0.2, 0) is 23.7 Å². The summed E-state index contributed by atoms with van der Waals surface area (Å²) in [4.78, 5) is 13.3. The average Bonchev–Trinajstić information content (AvgIpc) is 2.65. The number of carbonyl (C=O) groups excluding carboxylic acids is 1. The summed E-state index contributed by atoms with van der Waals surface area (Å²) in [6.45, 7) is 19.1. The molecule has 1 fully saturated rings. The standard InChI is InChI=1S/C25H48O6/c1-10-21(26)29-18-13-19(30-22(11-2)28-12-3)15-20(14-18)31-23(27)25(9,17(4)5)16-24(6,7)8/h17-22,26H,10-16H2,1-9H3. The molecule has 1 N–H and O–H groups in total. The fourth-order valence-electron chi connectivity index (χ4n) is 4.36. The van der Waals surface area contributed by atoms with E-state index in [2.05, 4.69) is 34.6 Å². The van der Waals surface area contributed by atoms with Gasteiger partial charge in [0.1, 0.15) is 6.10 Å². The van der Waals surface area contributed by atoms with Crippen LogP contribution >= 0.6 is 0 Å². The Hall–Kier alpha value is -0.690. The van der Waals surface area contributed by atoms with Crippen LogP contribution in [0.25, 0.3) is 0 Å². The number of carbonyl (C=O) groups is 1. The smallest absolute Gasteiger partial charge is 0.312 e. The molecule has 0 radical (unpaired) electrons. The maximum atomic E-state index is 13.3. The van der Waals surface area contributed by atoms with Gasteiger partial charge in [-0.15, -0.1) is 0 Å². The lowest BCUT2D eigenvalue weighted by molar-refractivity contribution is -0.216. The van der Waals surface area contributed by atoms with Gasteiger partial charge in [-0.3, -0.25) is 4.79 Å². The zero-order valence-corrected chi connectivity index (χ0v) is 21.4. The Morgan fingerprint density at radius 3 is 1.94 bits per heavy atom. The van der Waals surface area contributed by atoms with Crippen molar-refractivity contribution in [3.63, 3.8) is 0 Å². The summed E-state index contributed by atoms with van der Waals surface area (Å²) in [5.41, 5.74) is -0.554. The van der Waals surface area contributed by atoms with Crippen LogP contribution in [0.4, 0.5) is 0 Å². The zero-order valence-electron chi connectivity index (χ0n) is 21.4. The van der Waals surface area contributed by atoms with Gasteiger partial charge in [0.2, 0.25) is 0 Å². The molecule has 0 saturated heterocycles. The number of rotatable bonds is 12. The minimum Gasteiger partial charge on any atom is -0.462 e. The van der Waals surface area contributed by atoms with Crippen molar-refractivity contribution in [2.24, 2.45) is 16.7 Å². The molecule has 0 heterocycles. The van der Waals surface area contributed by atoms with Crippen LogP contribution < -0.4 is 0 Å². The number of esters is 1. The van der Waals surface area contributed by atoms with Crippen molar-refractivity contribution >= 4 is 5.97 Å². The summed E-state index contributed by atoms with van der Waals surface area (Å²) >= 11 is 0. The van der Waals surface area contributed by atoms with Gasteiger partial charge >= 0.3 is 5.97 Å². The van der Waals surface area contributed by atoms with Gasteiger partial charge in [-0.25, -0.2) is 0 Å². The van der Waals surface area contributed by atoms with Gasteiger partial charge < -0.3 is 24.1 Å². The molecule has 0 spiro atoms. The van der Waals surface area contributed by atoms with Crippen LogP contribution in [0, 0.1) is 16.7 Å². The minimum atomic E-state index is -0.823. The first-order valence-electron chi connectivity index (χ1n) is 12.2. The highest BCUT2D eigenvalue weighted by atomic mass is 16.7. The Kier molecular flexibility index (Phi) is 11.4. The van der Waals surface area contributed by atoms with Crippen molar-refractivity contribution in [2.75, 3.05) is 6.61 Å². The molecule has 1 saturated carbocycles. The Morgan fingerprint density at radius 1 is 0.935 bits per heavy atom. The van der Waals surface area contributed by atoms with E-state index in [9.17, 15) is 9.90 Å². The highest BCUT2D eigenvalue weighted by Gasteiger charge is 2.43. The van der Waals surface area contributed by atoms with E-state index in [4.69, 9.17) is 18.9 Å². The fraction of sp³-hybridized carbons (Fsp3) is 0.960. The van der Waals surface area contributed by atoms with Crippen LogP contribution in [0.3, 0.4) is 0 Å². The number of hydrogen-bond acceptors (Lipinski definition) is 6. The molecule has 0 amide bonds. The Labute approximate surface area is 190 Å². The van der Waals surface area contributed by atoms with Crippen LogP contribution in [0.15, 0.2) is 0 Å². The average molecular weight is 445 g/mol. The van der Waals surface area contributed by atoms with Crippen LogP contribution in [-0.4, -0.2) is 48.6 Å². The van der Waals surface area contributed by atoms with E-state index in [1.165, 1.54) is 0 Å². The van der Waals surface area contributed by atoms with Crippen LogP contribution in [0.2, 0.25) is 0 Å². The van der Waals surface area contributed by atoms with Crippen molar-refractivity contribution in [1.82, 2.24) is 0 Å². The molecule has 0 aromatic rings. The molecular formula is C25H48O6. The molecule has 0 aliphatic heterocycles. The molecule has 6 nitrogen and oxygen atoms in total. The summed E-state index contributed by atoms with van der Waals surface area (Å²) in [6, 6.07) is 0. The molecule has 6 unspecified atom stereocenters. The predicted molar refractivity (Wildman–Crippen MR) is 122 cm³/mol. The van der Waals surface area contributed by atoms with E-state index in [1.54, 1.807) is 0 Å². The largest absolute Gasteiger partial charge is 0.462 e. The third-order valence-electron chi connectivity index (χ3n) is 6.22. The Balaban J connectivity index is 2.96. The molecule has 1 aliphatic rings. The molecule has 1 rings (SSSR count). The van der Waals surface area contributed by atoms with E-state index in [0.29, 0.717) is 32.3 Å². The highest BCUT2D eigenvalue weighted by molar-refractivity contribution is 5.77. The van der Waals surface area contributed by atoms with Crippen molar-refractivity contribution in [2.45, 2.75) is 132 Å². The lowest BCUT2D eigenvalue weighted by Crippen LogP contribution is -2.45.